The van der Waals surface area contributed by atoms with E-state index in [4.69, 9.17) is 0 Å². The fraction of sp³-hybridized carbons (Fsp3) is 0.684. The van der Waals surface area contributed by atoms with E-state index in [1.54, 1.807) is 0 Å². The molecule has 1 aliphatic heterocycles. The fourth-order valence-corrected chi connectivity index (χ4v) is 4.15. The van der Waals surface area contributed by atoms with E-state index in [0.717, 1.165) is 19.0 Å². The van der Waals surface area contributed by atoms with Crippen molar-refractivity contribution in [2.45, 2.75) is 47.1 Å². The molecule has 0 saturated heterocycles. The van der Waals surface area contributed by atoms with E-state index in [-0.39, 0.29) is 0 Å². The third kappa shape index (κ3) is 2.48. The molecule has 1 aromatic rings. The zero-order valence-electron chi connectivity index (χ0n) is 14.3. The summed E-state index contributed by atoms with van der Waals surface area (Å²) in [7, 11) is 2.20. The van der Waals surface area contributed by atoms with Crippen LogP contribution >= 0.6 is 0 Å². The molecule has 0 atom stereocenters. The summed E-state index contributed by atoms with van der Waals surface area (Å²) in [6, 6.07) is 6.99. The van der Waals surface area contributed by atoms with Gasteiger partial charge in [-0.25, -0.2) is 0 Å². The normalized spacial score (nSPS) is 23.0. The highest BCUT2D eigenvalue weighted by atomic mass is 15.1. The molecule has 0 bridgehead atoms. The average Bonchev–Trinajstić information content (AvgIpc) is 2.81. The largest absolute Gasteiger partial charge is 0.374 e. The van der Waals surface area contributed by atoms with Crippen LogP contribution in [-0.2, 0) is 13.0 Å². The van der Waals surface area contributed by atoms with Gasteiger partial charge in [-0.1, -0.05) is 39.8 Å². The molecule has 0 spiro atoms. The molecule has 116 valence electrons. The van der Waals surface area contributed by atoms with Gasteiger partial charge in [-0.2, -0.15) is 0 Å². The Balaban J connectivity index is 1.57. The lowest BCUT2D eigenvalue weighted by atomic mass is 9.99. The number of nitrogens with one attached hydrogen (secondary N) is 1. The lowest BCUT2D eigenvalue weighted by Gasteiger charge is -2.27. The first-order valence-corrected chi connectivity index (χ1v) is 8.37. The number of anilines is 1. The Hall–Kier alpha value is -1.02. The molecule has 1 aliphatic carbocycles. The minimum absolute atomic E-state index is 0.485. The zero-order valence-corrected chi connectivity index (χ0v) is 14.3. The van der Waals surface area contributed by atoms with Gasteiger partial charge in [-0.3, -0.25) is 0 Å². The van der Waals surface area contributed by atoms with Crippen molar-refractivity contribution in [1.29, 1.82) is 0 Å². The average molecular weight is 286 g/mol. The molecule has 0 radical (unpaired) electrons. The molecular weight excluding hydrogens is 256 g/mol. The number of nitrogens with zero attached hydrogens (tertiary/aromatic N) is 1. The Bertz CT molecular complexity index is 516. The van der Waals surface area contributed by atoms with Gasteiger partial charge in [0.25, 0.3) is 0 Å². The summed E-state index contributed by atoms with van der Waals surface area (Å²) < 4.78 is 0. The number of hydrogen-bond donors (Lipinski definition) is 1. The van der Waals surface area contributed by atoms with Gasteiger partial charge >= 0.3 is 0 Å². The summed E-state index contributed by atoms with van der Waals surface area (Å²) in [5, 5.41) is 3.68. The van der Waals surface area contributed by atoms with Crippen LogP contribution in [0.1, 0.15) is 45.2 Å². The van der Waals surface area contributed by atoms with E-state index >= 15 is 0 Å². The van der Waals surface area contributed by atoms with Crippen LogP contribution in [0.4, 0.5) is 5.69 Å². The molecule has 3 rings (SSSR count). The highest BCUT2D eigenvalue weighted by Crippen LogP contribution is 2.67. The van der Waals surface area contributed by atoms with Crippen LogP contribution in [0.2, 0.25) is 0 Å². The minimum Gasteiger partial charge on any atom is -0.374 e. The molecule has 2 nitrogen and oxygen atoms in total. The standard InChI is InChI=1S/C19H30N2/c1-18(2)17(19(18,3)4)13-20-12-14-8-9-16-15(11-14)7-6-10-21(16)5/h8-9,11,17,20H,6-7,10,12-13H2,1-5H3. The Morgan fingerprint density at radius 2 is 1.90 bits per heavy atom. The van der Waals surface area contributed by atoms with Gasteiger partial charge in [-0.05, 0) is 53.3 Å². The summed E-state index contributed by atoms with van der Waals surface area (Å²) in [6.07, 6.45) is 2.51. The molecular formula is C19H30N2. The summed E-state index contributed by atoms with van der Waals surface area (Å²) >= 11 is 0. The summed E-state index contributed by atoms with van der Waals surface area (Å²) in [4.78, 5) is 2.38. The van der Waals surface area contributed by atoms with Crippen molar-refractivity contribution in [3.63, 3.8) is 0 Å². The quantitative estimate of drug-likeness (QED) is 0.904. The van der Waals surface area contributed by atoms with E-state index in [1.165, 1.54) is 36.2 Å². The first-order chi connectivity index (χ1) is 9.84. The molecule has 1 N–H and O–H groups in total. The first-order valence-electron chi connectivity index (χ1n) is 8.37. The molecule has 0 amide bonds. The zero-order chi connectivity index (χ0) is 15.3. The van der Waals surface area contributed by atoms with Gasteiger partial charge in [0.2, 0.25) is 0 Å². The van der Waals surface area contributed by atoms with Crippen molar-refractivity contribution < 1.29 is 0 Å². The smallest absolute Gasteiger partial charge is 0.0396 e. The second-order valence-corrected chi connectivity index (χ2v) is 8.12. The lowest BCUT2D eigenvalue weighted by molar-refractivity contribution is 0.457. The molecule has 21 heavy (non-hydrogen) atoms. The predicted octanol–water partition coefficient (Wildman–Crippen LogP) is 3.84. The van der Waals surface area contributed by atoms with Crippen LogP contribution < -0.4 is 10.2 Å². The molecule has 1 heterocycles. The van der Waals surface area contributed by atoms with E-state index < -0.39 is 0 Å². The highest BCUT2D eigenvalue weighted by molar-refractivity contribution is 5.56. The van der Waals surface area contributed by atoms with Crippen LogP contribution in [0.5, 0.6) is 0 Å². The van der Waals surface area contributed by atoms with Crippen LogP contribution in [0.25, 0.3) is 0 Å². The Labute approximate surface area is 129 Å². The Morgan fingerprint density at radius 1 is 1.19 bits per heavy atom. The maximum atomic E-state index is 3.68. The fourth-order valence-electron chi connectivity index (χ4n) is 4.15. The second kappa shape index (κ2) is 5.01. The first kappa shape index (κ1) is 14.9. The SMILES string of the molecule is CN1CCCc2cc(CNCC3C(C)(C)C3(C)C)ccc21. The van der Waals surface area contributed by atoms with Gasteiger partial charge in [0.15, 0.2) is 0 Å². The van der Waals surface area contributed by atoms with Crippen LogP contribution in [0.15, 0.2) is 18.2 Å². The Morgan fingerprint density at radius 3 is 2.57 bits per heavy atom. The van der Waals surface area contributed by atoms with Crippen molar-refractivity contribution >= 4 is 5.69 Å². The van der Waals surface area contributed by atoms with E-state index in [2.05, 4.69) is 63.2 Å². The maximum absolute atomic E-state index is 3.68. The third-order valence-corrected chi connectivity index (χ3v) is 6.49. The summed E-state index contributed by atoms with van der Waals surface area (Å²) in [6.45, 7) is 12.9. The minimum atomic E-state index is 0.485. The van der Waals surface area contributed by atoms with E-state index in [1.807, 2.05) is 0 Å². The second-order valence-electron chi connectivity index (χ2n) is 8.12. The Kier molecular flexibility index (Phi) is 3.56. The van der Waals surface area contributed by atoms with Crippen molar-refractivity contribution in [2.75, 3.05) is 25.0 Å². The van der Waals surface area contributed by atoms with Crippen molar-refractivity contribution in [2.24, 2.45) is 16.7 Å². The molecule has 1 saturated carbocycles. The summed E-state index contributed by atoms with van der Waals surface area (Å²) in [5.74, 6) is 0.800. The van der Waals surface area contributed by atoms with Gasteiger partial charge in [-0.15, -0.1) is 0 Å². The van der Waals surface area contributed by atoms with Crippen LogP contribution in [0, 0.1) is 16.7 Å². The third-order valence-electron chi connectivity index (χ3n) is 6.49. The molecule has 1 fully saturated rings. The molecule has 1 aromatic carbocycles. The summed E-state index contributed by atoms with van der Waals surface area (Å²) in [5.41, 5.74) is 5.35. The van der Waals surface area contributed by atoms with Crippen molar-refractivity contribution in [3.8, 4) is 0 Å². The number of fused-ring (bicyclic) bond motifs is 1. The highest BCUT2D eigenvalue weighted by Gasteiger charge is 2.63. The maximum Gasteiger partial charge on any atom is 0.0396 e. The van der Waals surface area contributed by atoms with Gasteiger partial charge < -0.3 is 10.2 Å². The van der Waals surface area contributed by atoms with Crippen LogP contribution in [0.3, 0.4) is 0 Å². The topological polar surface area (TPSA) is 15.3 Å². The van der Waals surface area contributed by atoms with Gasteiger partial charge in [0, 0.05) is 25.8 Å². The van der Waals surface area contributed by atoms with Gasteiger partial charge in [0.05, 0.1) is 0 Å². The number of rotatable bonds is 4. The van der Waals surface area contributed by atoms with Crippen LogP contribution in [-0.4, -0.2) is 20.1 Å². The van der Waals surface area contributed by atoms with E-state index in [0.29, 0.717) is 10.8 Å². The molecule has 0 aromatic heterocycles. The molecule has 2 heteroatoms. The predicted molar refractivity (Wildman–Crippen MR) is 90.8 cm³/mol. The van der Waals surface area contributed by atoms with Gasteiger partial charge in [0.1, 0.15) is 0 Å². The number of aryl methyl sites for hydroxylation is 1. The lowest BCUT2D eigenvalue weighted by Crippen LogP contribution is -2.25. The molecule has 2 aliphatic rings. The number of hydrogen-bond acceptors (Lipinski definition) is 2. The van der Waals surface area contributed by atoms with Crippen molar-refractivity contribution in [3.05, 3.63) is 29.3 Å². The van der Waals surface area contributed by atoms with Crippen molar-refractivity contribution in [1.82, 2.24) is 5.32 Å². The van der Waals surface area contributed by atoms with E-state index in [9.17, 15) is 0 Å². The molecule has 0 unspecified atom stereocenters. The monoisotopic (exact) mass is 286 g/mol. The number of benzene rings is 1.